The van der Waals surface area contributed by atoms with E-state index in [4.69, 9.17) is 0 Å². The number of hydrogen-bond donors (Lipinski definition) is 2. The number of amidine groups is 1. The Labute approximate surface area is 248 Å². The third kappa shape index (κ3) is 4.00. The zero-order valence-electron chi connectivity index (χ0n) is 20.2. The van der Waals surface area contributed by atoms with Gasteiger partial charge in [-0.05, 0) is 59.6 Å². The van der Waals surface area contributed by atoms with Gasteiger partial charge in [-0.3, -0.25) is 19.3 Å². The van der Waals surface area contributed by atoms with Gasteiger partial charge in [0, 0.05) is 31.1 Å². The van der Waals surface area contributed by atoms with Crippen molar-refractivity contribution in [3.05, 3.63) is 104 Å². The summed E-state index contributed by atoms with van der Waals surface area (Å²) in [7, 11) is 0. The molecule has 0 spiro atoms. The number of benzene rings is 4. The van der Waals surface area contributed by atoms with E-state index in [0.29, 0.717) is 28.2 Å². The van der Waals surface area contributed by atoms with Gasteiger partial charge in [0.05, 0.1) is 21.9 Å². The lowest BCUT2D eigenvalue weighted by Gasteiger charge is -2.17. The molecule has 8 nitrogen and oxygen atoms in total. The van der Waals surface area contributed by atoms with Crippen LogP contribution in [0.3, 0.4) is 0 Å². The molecular weight excluding hydrogens is 658 g/mol. The Morgan fingerprint density at radius 3 is 2.20 bits per heavy atom. The molecule has 0 aliphatic carbocycles. The molecule has 0 aromatic heterocycles. The SMILES string of the molecule is O=C1Nc2ccc(Br)cc2/C1=C1/S/C(=N\N=C2\C(=O)Nc3ccc(Br)cc32)N(c2cccc3ccccc23)C1=O. The number of anilines is 3. The minimum atomic E-state index is -0.405. The maximum atomic E-state index is 14.1. The van der Waals surface area contributed by atoms with Crippen molar-refractivity contribution in [1.82, 2.24) is 0 Å². The normalized spacial score (nSPS) is 19.9. The van der Waals surface area contributed by atoms with Gasteiger partial charge in [-0.1, -0.05) is 68.3 Å². The smallest absolute Gasteiger partial charge is 0.276 e. The van der Waals surface area contributed by atoms with E-state index in [-0.39, 0.29) is 27.3 Å². The molecule has 2 N–H and O–H groups in total. The molecule has 0 atom stereocenters. The molecule has 1 saturated heterocycles. The molecule has 0 bridgehead atoms. The maximum Gasteiger partial charge on any atom is 0.276 e. The molecule has 1 fully saturated rings. The van der Waals surface area contributed by atoms with Crippen molar-refractivity contribution in [2.75, 3.05) is 15.5 Å². The predicted octanol–water partition coefficient (Wildman–Crippen LogP) is 6.52. The highest BCUT2D eigenvalue weighted by Gasteiger charge is 2.42. The highest BCUT2D eigenvalue weighted by atomic mass is 79.9. The fourth-order valence-electron chi connectivity index (χ4n) is 4.89. The third-order valence-electron chi connectivity index (χ3n) is 6.68. The number of hydrogen-bond acceptors (Lipinski definition) is 6. The molecule has 3 amide bonds. The fourth-order valence-corrected chi connectivity index (χ4v) is 6.63. The molecule has 11 heteroatoms. The molecule has 40 heavy (non-hydrogen) atoms. The van der Waals surface area contributed by atoms with Gasteiger partial charge in [-0.2, -0.15) is 0 Å². The Morgan fingerprint density at radius 2 is 1.40 bits per heavy atom. The average Bonchev–Trinajstić information content (AvgIpc) is 3.55. The number of amides is 3. The van der Waals surface area contributed by atoms with Gasteiger partial charge in [0.1, 0.15) is 0 Å². The molecule has 3 aliphatic heterocycles. The summed E-state index contributed by atoms with van der Waals surface area (Å²) < 4.78 is 1.56. The Bertz CT molecular complexity index is 1930. The minimum absolute atomic E-state index is 0.128. The van der Waals surface area contributed by atoms with Crippen molar-refractivity contribution < 1.29 is 14.4 Å². The number of rotatable bonds is 2. The number of nitrogens with zero attached hydrogens (tertiary/aromatic N) is 3. The van der Waals surface area contributed by atoms with Crippen LogP contribution in [-0.2, 0) is 14.4 Å². The molecule has 194 valence electrons. The van der Waals surface area contributed by atoms with Crippen molar-refractivity contribution in [2.45, 2.75) is 0 Å². The van der Waals surface area contributed by atoms with Crippen molar-refractivity contribution in [3.8, 4) is 0 Å². The first-order valence-corrected chi connectivity index (χ1v) is 14.4. The van der Waals surface area contributed by atoms with Crippen LogP contribution >= 0.6 is 43.6 Å². The predicted molar refractivity (Wildman–Crippen MR) is 165 cm³/mol. The molecule has 7 rings (SSSR count). The van der Waals surface area contributed by atoms with E-state index < -0.39 is 11.8 Å². The summed E-state index contributed by atoms with van der Waals surface area (Å²) >= 11 is 7.95. The van der Waals surface area contributed by atoms with Crippen LogP contribution in [0.1, 0.15) is 11.1 Å². The summed E-state index contributed by atoms with van der Waals surface area (Å²) in [6.07, 6.45) is 0. The minimum Gasteiger partial charge on any atom is -0.321 e. The van der Waals surface area contributed by atoms with Crippen LogP contribution in [0, 0.1) is 0 Å². The Morgan fingerprint density at radius 1 is 0.725 bits per heavy atom. The monoisotopic (exact) mass is 671 g/mol. The van der Waals surface area contributed by atoms with Crippen LogP contribution in [0.2, 0.25) is 0 Å². The van der Waals surface area contributed by atoms with Gasteiger partial charge in [0.25, 0.3) is 17.7 Å². The first kappa shape index (κ1) is 24.9. The van der Waals surface area contributed by atoms with Crippen molar-refractivity contribution in [3.63, 3.8) is 0 Å². The van der Waals surface area contributed by atoms with Crippen LogP contribution < -0.4 is 15.5 Å². The van der Waals surface area contributed by atoms with E-state index in [0.717, 1.165) is 31.5 Å². The molecule has 3 heterocycles. The van der Waals surface area contributed by atoms with Crippen molar-refractivity contribution in [2.24, 2.45) is 10.2 Å². The molecule has 4 aromatic carbocycles. The zero-order valence-corrected chi connectivity index (χ0v) is 24.2. The second-order valence-corrected chi connectivity index (χ2v) is 11.9. The largest absolute Gasteiger partial charge is 0.321 e. The van der Waals surface area contributed by atoms with Crippen LogP contribution in [0.25, 0.3) is 16.3 Å². The lowest BCUT2D eigenvalue weighted by atomic mass is 10.1. The summed E-state index contributed by atoms with van der Waals surface area (Å²) in [5.74, 6) is -1.17. The Kier molecular flexibility index (Phi) is 5.95. The molecule has 0 saturated carbocycles. The Balaban J connectivity index is 1.43. The second-order valence-electron chi connectivity index (χ2n) is 9.06. The highest BCUT2D eigenvalue weighted by Crippen LogP contribution is 2.45. The second kappa shape index (κ2) is 9.54. The van der Waals surface area contributed by atoms with Crippen LogP contribution in [0.15, 0.2) is 103 Å². The number of carbonyl (C=O) groups is 3. The Hall–Kier alpha value is -4.06. The van der Waals surface area contributed by atoms with Gasteiger partial charge in [0.15, 0.2) is 5.71 Å². The number of thioether (sulfide) groups is 1. The van der Waals surface area contributed by atoms with Crippen molar-refractivity contribution >= 4 is 106 Å². The summed E-state index contributed by atoms with van der Waals surface area (Å²) in [5.41, 5.74) is 3.46. The fraction of sp³-hybridized carbons (Fsp3) is 0. The number of halogens is 2. The van der Waals surface area contributed by atoms with E-state index in [1.54, 1.807) is 24.3 Å². The van der Waals surface area contributed by atoms with E-state index in [9.17, 15) is 14.4 Å². The highest BCUT2D eigenvalue weighted by molar-refractivity contribution is 9.10. The molecule has 0 radical (unpaired) electrons. The summed E-state index contributed by atoms with van der Waals surface area (Å²) in [5, 5.41) is 16.4. The van der Waals surface area contributed by atoms with Gasteiger partial charge in [-0.15, -0.1) is 10.2 Å². The topological polar surface area (TPSA) is 103 Å². The first-order chi connectivity index (χ1) is 19.4. The van der Waals surface area contributed by atoms with E-state index in [1.807, 2.05) is 54.6 Å². The summed E-state index contributed by atoms with van der Waals surface area (Å²) in [6, 6.07) is 24.1. The van der Waals surface area contributed by atoms with Crippen LogP contribution in [0.5, 0.6) is 0 Å². The number of fused-ring (bicyclic) bond motifs is 3. The van der Waals surface area contributed by atoms with Crippen molar-refractivity contribution in [1.29, 1.82) is 0 Å². The first-order valence-electron chi connectivity index (χ1n) is 12.0. The lowest BCUT2D eigenvalue weighted by molar-refractivity contribution is -0.114. The molecular formula is C29H15Br2N5O3S. The van der Waals surface area contributed by atoms with Gasteiger partial charge < -0.3 is 10.6 Å². The average molecular weight is 673 g/mol. The van der Waals surface area contributed by atoms with Gasteiger partial charge >= 0.3 is 0 Å². The number of nitrogens with one attached hydrogen (secondary N) is 2. The quantitative estimate of drug-likeness (QED) is 0.187. The van der Waals surface area contributed by atoms with E-state index in [1.165, 1.54) is 4.90 Å². The van der Waals surface area contributed by atoms with Crippen LogP contribution in [-0.4, -0.2) is 28.6 Å². The lowest BCUT2D eigenvalue weighted by Crippen LogP contribution is -2.29. The zero-order chi connectivity index (χ0) is 27.5. The van der Waals surface area contributed by atoms with E-state index >= 15 is 0 Å². The molecule has 3 aliphatic rings. The summed E-state index contributed by atoms with van der Waals surface area (Å²) in [4.78, 5) is 41.7. The standard InChI is InChI=1S/C29H15Br2N5O3S/c30-15-8-10-20-18(12-15)23(26(37)32-20)25-28(39)36(22-7-3-5-14-4-1-2-6-17(14)22)29(40-25)35-34-24-19-13-16(31)9-11-21(19)33-27(24)38/h1-13H,(H,32,37)(H,33,34,38)/b25-23-,35-29-. The number of carbonyl (C=O) groups excluding carboxylic acids is 3. The molecule has 0 unspecified atom stereocenters. The van der Waals surface area contributed by atoms with Gasteiger partial charge in [0.2, 0.25) is 5.17 Å². The van der Waals surface area contributed by atoms with E-state index in [2.05, 4.69) is 52.7 Å². The third-order valence-corrected chi connectivity index (χ3v) is 8.69. The summed E-state index contributed by atoms with van der Waals surface area (Å²) in [6.45, 7) is 0. The maximum absolute atomic E-state index is 14.1. The van der Waals surface area contributed by atoms with Gasteiger partial charge in [-0.25, -0.2) is 0 Å². The molecule has 4 aromatic rings. The van der Waals surface area contributed by atoms with Crippen LogP contribution in [0.4, 0.5) is 17.1 Å².